The van der Waals surface area contributed by atoms with Gasteiger partial charge in [0.15, 0.2) is 5.78 Å². The average Bonchev–Trinajstić information content (AvgIpc) is 2.54. The van der Waals surface area contributed by atoms with Crippen LogP contribution in [0.4, 0.5) is 11.4 Å². The second-order valence-corrected chi connectivity index (χ2v) is 7.30. The fraction of sp³-hybridized carbons (Fsp3) is 0.381. The van der Waals surface area contributed by atoms with Gasteiger partial charge in [-0.25, -0.2) is 0 Å². The van der Waals surface area contributed by atoms with E-state index in [0.29, 0.717) is 12.2 Å². The summed E-state index contributed by atoms with van der Waals surface area (Å²) < 4.78 is 0. The van der Waals surface area contributed by atoms with Gasteiger partial charge in [-0.15, -0.1) is 0 Å². The minimum atomic E-state index is -0.520. The van der Waals surface area contributed by atoms with Crippen molar-refractivity contribution in [2.24, 2.45) is 0 Å². The molecule has 2 aromatic rings. The number of Topliss-reactive ketones (excluding diaryl/α,β-unsaturated/α-hetero) is 1. The molecule has 23 heavy (non-hydrogen) atoms. The number of rotatable bonds is 3. The van der Waals surface area contributed by atoms with Crippen molar-refractivity contribution in [2.45, 2.75) is 51.5 Å². The summed E-state index contributed by atoms with van der Waals surface area (Å²) >= 11 is 0. The molecular weight excluding hydrogens is 282 g/mol. The van der Waals surface area contributed by atoms with E-state index in [1.54, 1.807) is 0 Å². The smallest absolute Gasteiger partial charge is 0.158 e. The van der Waals surface area contributed by atoms with Gasteiger partial charge < -0.3 is 4.90 Å². The lowest BCUT2D eigenvalue weighted by molar-refractivity contribution is -0.124. The first-order valence-electron chi connectivity index (χ1n) is 8.38. The first-order chi connectivity index (χ1) is 10.9. The van der Waals surface area contributed by atoms with Crippen LogP contribution in [0.2, 0.25) is 0 Å². The quantitative estimate of drug-likeness (QED) is 0.772. The maximum absolute atomic E-state index is 12.9. The second kappa shape index (κ2) is 5.52. The van der Waals surface area contributed by atoms with Crippen LogP contribution in [0.3, 0.4) is 0 Å². The Morgan fingerprint density at radius 3 is 2.26 bits per heavy atom. The monoisotopic (exact) mass is 307 g/mol. The lowest BCUT2D eigenvalue weighted by Crippen LogP contribution is -2.56. The molecule has 0 saturated heterocycles. The summed E-state index contributed by atoms with van der Waals surface area (Å²) in [6.07, 6.45) is 1.37. The predicted molar refractivity (Wildman–Crippen MR) is 96.4 cm³/mol. The Balaban J connectivity index is 2.28. The highest BCUT2D eigenvalue weighted by Gasteiger charge is 2.48. The molecule has 0 bridgehead atoms. The first kappa shape index (κ1) is 15.8. The molecular formula is C21H25NO. The van der Waals surface area contributed by atoms with Crippen LogP contribution in [0.25, 0.3) is 0 Å². The lowest BCUT2D eigenvalue weighted by Gasteiger charge is -2.51. The van der Waals surface area contributed by atoms with E-state index in [1.165, 1.54) is 5.56 Å². The fourth-order valence-electron chi connectivity index (χ4n) is 4.15. The molecule has 0 N–H and O–H groups in total. The van der Waals surface area contributed by atoms with Crippen LogP contribution in [0.1, 0.15) is 46.1 Å². The Hall–Kier alpha value is -2.09. The van der Waals surface area contributed by atoms with E-state index in [-0.39, 0.29) is 5.41 Å². The normalized spacial score (nSPS) is 22.5. The third kappa shape index (κ3) is 2.46. The zero-order valence-corrected chi connectivity index (χ0v) is 14.5. The molecule has 0 radical (unpaired) electrons. The molecule has 1 heterocycles. The van der Waals surface area contributed by atoms with E-state index < -0.39 is 5.54 Å². The number of nitrogens with zero attached hydrogens (tertiary/aromatic N) is 1. The Morgan fingerprint density at radius 1 is 1.00 bits per heavy atom. The number of hydrogen-bond acceptors (Lipinski definition) is 2. The number of carbonyl (C=O) groups excluding carboxylic acids is 1. The zero-order chi connectivity index (χ0) is 16.7. The maximum atomic E-state index is 12.9. The summed E-state index contributed by atoms with van der Waals surface area (Å²) in [6, 6.07) is 18.8. The highest BCUT2D eigenvalue weighted by molar-refractivity contribution is 5.95. The minimum absolute atomic E-state index is 0.0263. The van der Waals surface area contributed by atoms with Gasteiger partial charge in [-0.1, -0.05) is 57.2 Å². The highest BCUT2D eigenvalue weighted by Crippen LogP contribution is 2.50. The molecule has 1 atom stereocenters. The molecule has 0 amide bonds. The molecule has 2 aromatic carbocycles. The average molecular weight is 307 g/mol. The number of benzene rings is 2. The van der Waals surface area contributed by atoms with E-state index in [4.69, 9.17) is 0 Å². The van der Waals surface area contributed by atoms with Gasteiger partial charge in [-0.3, -0.25) is 4.79 Å². The van der Waals surface area contributed by atoms with Crippen molar-refractivity contribution < 1.29 is 4.79 Å². The number of anilines is 2. The van der Waals surface area contributed by atoms with Gasteiger partial charge in [0.05, 0.1) is 0 Å². The van der Waals surface area contributed by atoms with Crippen LogP contribution >= 0.6 is 0 Å². The van der Waals surface area contributed by atoms with E-state index in [2.05, 4.69) is 62.1 Å². The van der Waals surface area contributed by atoms with Crippen molar-refractivity contribution in [1.29, 1.82) is 0 Å². The third-order valence-corrected chi connectivity index (χ3v) is 5.09. The molecule has 2 heteroatoms. The molecule has 3 rings (SSSR count). The van der Waals surface area contributed by atoms with E-state index in [9.17, 15) is 4.79 Å². The maximum Gasteiger partial charge on any atom is 0.158 e. The van der Waals surface area contributed by atoms with Crippen molar-refractivity contribution in [3.8, 4) is 0 Å². The van der Waals surface area contributed by atoms with Crippen LogP contribution < -0.4 is 4.90 Å². The molecule has 0 spiro atoms. The molecule has 0 saturated carbocycles. The molecule has 0 fully saturated rings. The summed E-state index contributed by atoms with van der Waals surface area (Å²) in [6.45, 7) is 8.55. The topological polar surface area (TPSA) is 20.3 Å². The standard InChI is InChI=1S/C21H25NO/c1-5-19(23)21(4)15-20(2,3)17-13-9-10-14-18(17)22(21)16-11-7-6-8-12-16/h6-14H,5,15H2,1-4H3. The van der Waals surface area contributed by atoms with Crippen molar-refractivity contribution in [3.63, 3.8) is 0 Å². The van der Waals surface area contributed by atoms with Crippen molar-refractivity contribution >= 4 is 17.2 Å². The lowest BCUT2D eigenvalue weighted by atomic mass is 9.67. The Labute approximate surface area is 139 Å². The van der Waals surface area contributed by atoms with Crippen LogP contribution in [-0.2, 0) is 10.2 Å². The van der Waals surface area contributed by atoms with E-state index >= 15 is 0 Å². The van der Waals surface area contributed by atoms with Crippen LogP contribution in [0, 0.1) is 0 Å². The predicted octanol–water partition coefficient (Wildman–Crippen LogP) is 5.24. The van der Waals surface area contributed by atoms with Gasteiger partial charge in [0.2, 0.25) is 0 Å². The fourth-order valence-corrected chi connectivity index (χ4v) is 4.15. The third-order valence-electron chi connectivity index (χ3n) is 5.09. The van der Waals surface area contributed by atoms with Gasteiger partial charge >= 0.3 is 0 Å². The molecule has 120 valence electrons. The molecule has 1 aliphatic heterocycles. The zero-order valence-electron chi connectivity index (χ0n) is 14.5. The van der Waals surface area contributed by atoms with Gasteiger partial charge in [0, 0.05) is 17.8 Å². The highest BCUT2D eigenvalue weighted by atomic mass is 16.1. The van der Waals surface area contributed by atoms with Gasteiger partial charge in [0.1, 0.15) is 5.54 Å². The summed E-state index contributed by atoms with van der Waals surface area (Å²) in [5.41, 5.74) is 3.00. The van der Waals surface area contributed by atoms with E-state index in [0.717, 1.165) is 17.8 Å². The summed E-state index contributed by atoms with van der Waals surface area (Å²) in [4.78, 5) is 15.2. The largest absolute Gasteiger partial charge is 0.328 e. The van der Waals surface area contributed by atoms with Crippen molar-refractivity contribution in [2.75, 3.05) is 4.90 Å². The SMILES string of the molecule is CCC(=O)C1(C)CC(C)(C)c2ccccc2N1c1ccccc1. The number of para-hydroxylation sites is 2. The number of fused-ring (bicyclic) bond motifs is 1. The molecule has 1 aliphatic rings. The Morgan fingerprint density at radius 2 is 1.61 bits per heavy atom. The Bertz CT molecular complexity index is 720. The van der Waals surface area contributed by atoms with Gasteiger partial charge in [-0.05, 0) is 42.5 Å². The van der Waals surface area contributed by atoms with Crippen molar-refractivity contribution in [1.82, 2.24) is 0 Å². The molecule has 0 aromatic heterocycles. The van der Waals surface area contributed by atoms with Gasteiger partial charge in [0.25, 0.3) is 0 Å². The molecule has 0 aliphatic carbocycles. The van der Waals surface area contributed by atoms with Crippen LogP contribution in [-0.4, -0.2) is 11.3 Å². The first-order valence-corrected chi connectivity index (χ1v) is 8.38. The Kier molecular flexibility index (Phi) is 3.79. The number of ketones is 1. The van der Waals surface area contributed by atoms with Gasteiger partial charge in [-0.2, -0.15) is 0 Å². The van der Waals surface area contributed by atoms with Crippen LogP contribution in [0.5, 0.6) is 0 Å². The summed E-state index contributed by atoms with van der Waals surface area (Å²) in [7, 11) is 0. The second-order valence-electron chi connectivity index (χ2n) is 7.30. The number of carbonyl (C=O) groups is 1. The van der Waals surface area contributed by atoms with Crippen molar-refractivity contribution in [3.05, 3.63) is 60.2 Å². The minimum Gasteiger partial charge on any atom is -0.328 e. The van der Waals surface area contributed by atoms with E-state index in [1.807, 2.05) is 25.1 Å². The molecule has 2 nitrogen and oxygen atoms in total. The summed E-state index contributed by atoms with van der Waals surface area (Å²) in [5, 5.41) is 0. The summed E-state index contributed by atoms with van der Waals surface area (Å²) in [5.74, 6) is 0.295. The van der Waals surface area contributed by atoms with Crippen LogP contribution in [0.15, 0.2) is 54.6 Å². The molecule has 1 unspecified atom stereocenters. The number of hydrogen-bond donors (Lipinski definition) is 0.